The van der Waals surface area contributed by atoms with E-state index in [9.17, 15) is 4.79 Å². The fraction of sp³-hybridized carbons (Fsp3) is 0.0714. The molecular formula is C14H9BrO3. The van der Waals surface area contributed by atoms with Crippen molar-refractivity contribution in [1.82, 2.24) is 0 Å². The van der Waals surface area contributed by atoms with Crippen molar-refractivity contribution in [2.24, 2.45) is 0 Å². The van der Waals surface area contributed by atoms with Crippen LogP contribution >= 0.6 is 15.9 Å². The molecule has 2 aromatic carbocycles. The summed E-state index contributed by atoms with van der Waals surface area (Å²) in [5.41, 5.74) is 1.97. The molecular weight excluding hydrogens is 296 g/mol. The zero-order valence-corrected chi connectivity index (χ0v) is 11.2. The fourth-order valence-corrected chi connectivity index (χ4v) is 2.34. The maximum absolute atomic E-state index is 11.5. The van der Waals surface area contributed by atoms with Crippen LogP contribution in [0.15, 0.2) is 45.3 Å². The number of methoxy groups -OCH3 is 1. The topological polar surface area (TPSA) is 39.4 Å². The van der Waals surface area contributed by atoms with E-state index in [-0.39, 0.29) is 5.97 Å². The lowest BCUT2D eigenvalue weighted by atomic mass is 10.1. The lowest BCUT2D eigenvalue weighted by Gasteiger charge is -1.97. The van der Waals surface area contributed by atoms with E-state index in [1.165, 1.54) is 7.11 Å². The molecule has 0 spiro atoms. The van der Waals surface area contributed by atoms with Crippen molar-refractivity contribution < 1.29 is 13.9 Å². The third kappa shape index (κ3) is 1.69. The summed E-state index contributed by atoms with van der Waals surface area (Å²) >= 11 is 3.40. The van der Waals surface area contributed by atoms with Gasteiger partial charge in [-0.15, -0.1) is 0 Å². The van der Waals surface area contributed by atoms with Gasteiger partial charge in [0.25, 0.3) is 0 Å². The van der Waals surface area contributed by atoms with E-state index in [1.807, 2.05) is 24.3 Å². The van der Waals surface area contributed by atoms with Gasteiger partial charge in [0, 0.05) is 15.2 Å². The molecule has 0 N–H and O–H groups in total. The molecule has 0 saturated heterocycles. The van der Waals surface area contributed by atoms with Gasteiger partial charge >= 0.3 is 5.97 Å². The highest BCUT2D eigenvalue weighted by Gasteiger charge is 2.11. The van der Waals surface area contributed by atoms with Crippen molar-refractivity contribution >= 4 is 43.8 Å². The average molecular weight is 305 g/mol. The molecule has 4 heteroatoms. The van der Waals surface area contributed by atoms with Crippen LogP contribution in [-0.4, -0.2) is 13.1 Å². The first-order valence-corrected chi connectivity index (χ1v) is 6.18. The Morgan fingerprint density at radius 2 is 1.78 bits per heavy atom. The highest BCUT2D eigenvalue weighted by atomic mass is 79.9. The molecule has 0 aliphatic rings. The van der Waals surface area contributed by atoms with Gasteiger partial charge in [-0.3, -0.25) is 0 Å². The van der Waals surface area contributed by atoms with Crippen LogP contribution in [0.3, 0.4) is 0 Å². The molecule has 90 valence electrons. The van der Waals surface area contributed by atoms with Crippen LogP contribution in [0.5, 0.6) is 0 Å². The number of rotatable bonds is 1. The van der Waals surface area contributed by atoms with Gasteiger partial charge in [-0.05, 0) is 36.4 Å². The summed E-state index contributed by atoms with van der Waals surface area (Å²) in [6.45, 7) is 0. The van der Waals surface area contributed by atoms with E-state index in [1.54, 1.807) is 12.1 Å². The van der Waals surface area contributed by atoms with E-state index < -0.39 is 0 Å². The van der Waals surface area contributed by atoms with Gasteiger partial charge in [0.15, 0.2) is 0 Å². The lowest BCUT2D eigenvalue weighted by Crippen LogP contribution is -1.99. The number of carbonyl (C=O) groups is 1. The number of benzene rings is 2. The molecule has 18 heavy (non-hydrogen) atoms. The number of fused-ring (bicyclic) bond motifs is 3. The molecule has 0 bridgehead atoms. The van der Waals surface area contributed by atoms with Crippen molar-refractivity contribution in [3.8, 4) is 0 Å². The zero-order valence-electron chi connectivity index (χ0n) is 9.57. The van der Waals surface area contributed by atoms with Crippen molar-refractivity contribution in [2.75, 3.05) is 7.11 Å². The summed E-state index contributed by atoms with van der Waals surface area (Å²) in [5.74, 6) is -0.362. The second-order valence-corrected chi connectivity index (χ2v) is 4.86. The number of carbonyl (C=O) groups excluding carboxylic acids is 1. The Bertz CT molecular complexity index is 758. The third-order valence-electron chi connectivity index (χ3n) is 2.86. The third-order valence-corrected chi connectivity index (χ3v) is 3.35. The lowest BCUT2D eigenvalue weighted by molar-refractivity contribution is 0.0601. The molecule has 0 unspecified atom stereocenters. The summed E-state index contributed by atoms with van der Waals surface area (Å²) in [5, 5.41) is 2.02. The molecule has 3 aromatic rings. The van der Waals surface area contributed by atoms with Crippen LogP contribution in [0, 0.1) is 0 Å². The zero-order chi connectivity index (χ0) is 12.7. The van der Waals surface area contributed by atoms with E-state index >= 15 is 0 Å². The minimum atomic E-state index is -0.362. The van der Waals surface area contributed by atoms with E-state index in [0.29, 0.717) is 11.1 Å². The number of hydrogen-bond donors (Lipinski definition) is 0. The molecule has 3 nitrogen and oxygen atoms in total. The van der Waals surface area contributed by atoms with Gasteiger partial charge in [0.05, 0.1) is 12.7 Å². The van der Waals surface area contributed by atoms with Crippen molar-refractivity contribution in [3.63, 3.8) is 0 Å². The first-order chi connectivity index (χ1) is 8.69. The van der Waals surface area contributed by atoms with Crippen LogP contribution in [0.25, 0.3) is 21.9 Å². The first-order valence-electron chi connectivity index (χ1n) is 5.39. The molecule has 0 saturated carbocycles. The summed E-state index contributed by atoms with van der Waals surface area (Å²) in [6.07, 6.45) is 0. The molecule has 0 atom stereocenters. The van der Waals surface area contributed by atoms with Crippen LogP contribution < -0.4 is 0 Å². The molecule has 0 fully saturated rings. The van der Waals surface area contributed by atoms with Crippen molar-refractivity contribution in [1.29, 1.82) is 0 Å². The fourth-order valence-electron chi connectivity index (χ4n) is 2.00. The molecule has 0 aliphatic heterocycles. The second-order valence-electron chi connectivity index (χ2n) is 3.95. The van der Waals surface area contributed by atoms with Gasteiger partial charge < -0.3 is 9.15 Å². The van der Waals surface area contributed by atoms with E-state index in [0.717, 1.165) is 20.8 Å². The number of halogens is 1. The Balaban J connectivity index is 2.29. The molecule has 3 rings (SSSR count). The SMILES string of the molecule is COC(=O)c1ccc2c(c1)oc1cc(Br)ccc12. The number of esters is 1. The second kappa shape index (κ2) is 4.14. The van der Waals surface area contributed by atoms with Crippen LogP contribution in [0.4, 0.5) is 0 Å². The highest BCUT2D eigenvalue weighted by molar-refractivity contribution is 9.10. The maximum atomic E-state index is 11.5. The predicted molar refractivity (Wildman–Crippen MR) is 72.8 cm³/mol. The van der Waals surface area contributed by atoms with E-state index in [4.69, 9.17) is 9.15 Å². The van der Waals surface area contributed by atoms with Gasteiger partial charge in [-0.1, -0.05) is 15.9 Å². The minimum absolute atomic E-state index is 0.362. The Kier molecular flexibility index (Phi) is 2.59. The monoisotopic (exact) mass is 304 g/mol. The van der Waals surface area contributed by atoms with Gasteiger partial charge in [0.1, 0.15) is 11.2 Å². The first kappa shape index (κ1) is 11.3. The van der Waals surface area contributed by atoms with Crippen molar-refractivity contribution in [2.45, 2.75) is 0 Å². The standard InChI is InChI=1S/C14H9BrO3/c1-17-14(16)8-2-4-10-11-5-3-9(15)7-13(11)18-12(10)6-8/h2-7H,1H3. The molecule has 0 radical (unpaired) electrons. The Morgan fingerprint density at radius 3 is 2.50 bits per heavy atom. The number of furan rings is 1. The molecule has 1 aromatic heterocycles. The molecule has 1 heterocycles. The van der Waals surface area contributed by atoms with Crippen molar-refractivity contribution in [3.05, 3.63) is 46.4 Å². The average Bonchev–Trinajstić information content (AvgIpc) is 2.73. The number of hydrogen-bond acceptors (Lipinski definition) is 3. The van der Waals surface area contributed by atoms with Gasteiger partial charge in [-0.2, -0.15) is 0 Å². The summed E-state index contributed by atoms with van der Waals surface area (Å²) in [6, 6.07) is 11.2. The van der Waals surface area contributed by atoms with Crippen LogP contribution in [0.2, 0.25) is 0 Å². The molecule has 0 aliphatic carbocycles. The quantitative estimate of drug-likeness (QED) is 0.634. The summed E-state index contributed by atoms with van der Waals surface area (Å²) in [4.78, 5) is 11.5. The maximum Gasteiger partial charge on any atom is 0.337 e. The number of ether oxygens (including phenoxy) is 1. The summed E-state index contributed by atoms with van der Waals surface area (Å²) in [7, 11) is 1.36. The minimum Gasteiger partial charge on any atom is -0.465 e. The van der Waals surface area contributed by atoms with Gasteiger partial charge in [-0.25, -0.2) is 4.79 Å². The highest BCUT2D eigenvalue weighted by Crippen LogP contribution is 2.31. The van der Waals surface area contributed by atoms with E-state index in [2.05, 4.69) is 15.9 Å². The van der Waals surface area contributed by atoms with Crippen LogP contribution in [0.1, 0.15) is 10.4 Å². The Hall–Kier alpha value is -1.81. The van der Waals surface area contributed by atoms with Gasteiger partial charge in [0.2, 0.25) is 0 Å². The van der Waals surface area contributed by atoms with Crippen LogP contribution in [-0.2, 0) is 4.74 Å². The predicted octanol–water partition coefficient (Wildman–Crippen LogP) is 4.14. The Labute approximate surface area is 111 Å². The molecule has 0 amide bonds. The normalized spacial score (nSPS) is 11.0. The smallest absolute Gasteiger partial charge is 0.337 e. The summed E-state index contributed by atoms with van der Waals surface area (Å²) < 4.78 is 11.4. The largest absolute Gasteiger partial charge is 0.465 e. The Morgan fingerprint density at radius 1 is 1.11 bits per heavy atom.